The number of aromatic nitrogens is 1. The first-order valence-corrected chi connectivity index (χ1v) is 6.46. The second kappa shape index (κ2) is 8.55. The molecule has 0 fully saturated rings. The molecule has 1 heterocycles. The third-order valence-corrected chi connectivity index (χ3v) is 3.95. The number of hydrogen-bond acceptors (Lipinski definition) is 1. The quantitative estimate of drug-likeness (QED) is 0.484. The molecule has 0 aliphatic carbocycles. The molecule has 125 valence electrons. The summed E-state index contributed by atoms with van der Waals surface area (Å²) in [7, 11) is 0. The van der Waals surface area contributed by atoms with Crippen LogP contribution in [-0.2, 0) is 20.1 Å². The zero-order chi connectivity index (χ0) is 14.3. The summed E-state index contributed by atoms with van der Waals surface area (Å²) in [5.41, 5.74) is 7.87. The van der Waals surface area contributed by atoms with Crippen molar-refractivity contribution in [2.45, 2.75) is 49.0 Å². The predicted octanol–water partition coefficient (Wildman–Crippen LogP) is 5.62. The smallest absolute Gasteiger partial charge is 0.0411 e. The number of rotatable bonds is 1. The fraction of sp³-hybridized carbons (Fsp3) is 0.368. The van der Waals surface area contributed by atoms with Gasteiger partial charge in [-0.3, -0.25) is 4.39 Å². The van der Waals surface area contributed by atoms with Gasteiger partial charge in [-0.25, -0.2) is 0 Å². The van der Waals surface area contributed by atoms with Crippen molar-refractivity contribution in [2.24, 2.45) is 0 Å². The van der Waals surface area contributed by atoms with E-state index in [-0.39, 0.29) is 40.8 Å². The van der Waals surface area contributed by atoms with E-state index in [2.05, 4.69) is 31.8 Å². The van der Waals surface area contributed by atoms with Crippen LogP contribution in [0.15, 0.2) is 6.07 Å². The average molecular weight is 480 g/mol. The zero-order valence-corrected chi connectivity index (χ0v) is 16.1. The van der Waals surface area contributed by atoms with Crippen molar-refractivity contribution in [1.82, 2.24) is 4.98 Å². The Kier molecular flexibility index (Phi) is 9.02. The minimum atomic E-state index is -0.209. The Hall–Kier alpha value is -1.05. The maximum absolute atomic E-state index is 13.5. The Bertz CT molecular complexity index is 663. The summed E-state index contributed by atoms with van der Waals surface area (Å²) in [6.45, 7) is 11.9. The SMILES string of the molecule is C.Cc1[c-]c(-c2nc(C)c(C)c(C)c2C)c(C)cc1F.[CH3-].[Ir]. The fourth-order valence-electron chi connectivity index (χ4n) is 2.27. The summed E-state index contributed by atoms with van der Waals surface area (Å²) in [6.07, 6.45) is 0. The van der Waals surface area contributed by atoms with Gasteiger partial charge in [0.15, 0.2) is 0 Å². The Morgan fingerprint density at radius 1 is 0.955 bits per heavy atom. The summed E-state index contributed by atoms with van der Waals surface area (Å²) in [4.78, 5) is 4.68. The van der Waals surface area contributed by atoms with Gasteiger partial charge in [0.2, 0.25) is 0 Å². The van der Waals surface area contributed by atoms with Crippen molar-refractivity contribution in [3.8, 4) is 11.3 Å². The normalized spacial score (nSPS) is 9.41. The molecule has 1 nitrogen and oxygen atoms in total. The van der Waals surface area contributed by atoms with Gasteiger partial charge >= 0.3 is 0 Å². The van der Waals surface area contributed by atoms with Crippen LogP contribution in [0.25, 0.3) is 11.3 Å². The summed E-state index contributed by atoms with van der Waals surface area (Å²) in [5.74, 6) is -0.209. The van der Waals surface area contributed by atoms with Gasteiger partial charge in [0.1, 0.15) is 0 Å². The third-order valence-electron chi connectivity index (χ3n) is 3.95. The monoisotopic (exact) mass is 480 g/mol. The summed E-state index contributed by atoms with van der Waals surface area (Å²) in [6, 6.07) is 4.70. The molecule has 1 radical (unpaired) electrons. The molecule has 1 aromatic carbocycles. The standard InChI is InChI=1S/C17H19FN.CH4.CH3.Ir/c1-9-8-16(18)10(2)7-15(9)17-13(5)11(3)12(4)14(6)19-17;;;/h8H,1-6H3;1H4;1H3;/q-1;;-1;. The maximum atomic E-state index is 13.5. The molecule has 0 aliphatic heterocycles. The molecule has 0 bridgehead atoms. The van der Waals surface area contributed by atoms with Crippen molar-refractivity contribution in [3.05, 3.63) is 58.9 Å². The third kappa shape index (κ3) is 4.02. The van der Waals surface area contributed by atoms with Crippen LogP contribution in [0.5, 0.6) is 0 Å². The van der Waals surface area contributed by atoms with Crippen LogP contribution in [0.2, 0.25) is 0 Å². The molecule has 1 aromatic heterocycles. The molecular weight excluding hydrogens is 453 g/mol. The van der Waals surface area contributed by atoms with Crippen LogP contribution in [0.1, 0.15) is 40.9 Å². The van der Waals surface area contributed by atoms with E-state index in [1.54, 1.807) is 13.0 Å². The van der Waals surface area contributed by atoms with E-state index < -0.39 is 0 Å². The molecule has 0 unspecified atom stereocenters. The van der Waals surface area contributed by atoms with E-state index in [0.717, 1.165) is 28.1 Å². The van der Waals surface area contributed by atoms with Gasteiger partial charge in [-0.1, -0.05) is 32.4 Å². The molecule has 0 amide bonds. The second-order valence-corrected chi connectivity index (χ2v) is 5.22. The van der Waals surface area contributed by atoms with E-state index >= 15 is 0 Å². The second-order valence-electron chi connectivity index (χ2n) is 5.22. The minimum absolute atomic E-state index is 0. The number of aryl methyl sites for hydroxylation is 3. The van der Waals surface area contributed by atoms with Crippen molar-refractivity contribution in [3.63, 3.8) is 0 Å². The van der Waals surface area contributed by atoms with E-state index in [0.29, 0.717) is 5.56 Å². The van der Waals surface area contributed by atoms with Crippen LogP contribution >= 0.6 is 0 Å². The Morgan fingerprint density at radius 2 is 1.50 bits per heavy atom. The topological polar surface area (TPSA) is 12.9 Å². The summed E-state index contributed by atoms with van der Waals surface area (Å²) < 4.78 is 13.5. The van der Waals surface area contributed by atoms with Crippen LogP contribution in [0.4, 0.5) is 4.39 Å². The molecule has 0 saturated heterocycles. The van der Waals surface area contributed by atoms with Crippen molar-refractivity contribution in [1.29, 1.82) is 0 Å². The molecule has 0 atom stereocenters. The number of hydrogen-bond donors (Lipinski definition) is 0. The average Bonchev–Trinajstić information content (AvgIpc) is 2.36. The first-order chi connectivity index (χ1) is 8.82. The van der Waals surface area contributed by atoms with Gasteiger partial charge in [-0.15, -0.1) is 28.8 Å². The van der Waals surface area contributed by atoms with Crippen molar-refractivity contribution in [2.75, 3.05) is 0 Å². The molecule has 2 rings (SSSR count). The molecule has 0 N–H and O–H groups in total. The van der Waals surface area contributed by atoms with Gasteiger partial charge in [0.05, 0.1) is 0 Å². The van der Waals surface area contributed by atoms with E-state index in [9.17, 15) is 4.39 Å². The Balaban J connectivity index is 0. The number of benzene rings is 1. The van der Waals surface area contributed by atoms with Crippen LogP contribution in [0, 0.1) is 60.9 Å². The minimum Gasteiger partial charge on any atom is -0.358 e. The van der Waals surface area contributed by atoms with E-state index in [1.165, 1.54) is 11.1 Å². The number of halogens is 1. The number of pyridine rings is 1. The largest absolute Gasteiger partial charge is 0.358 e. The Morgan fingerprint density at radius 3 is 2.05 bits per heavy atom. The molecule has 3 heteroatoms. The van der Waals surface area contributed by atoms with E-state index in [1.807, 2.05) is 13.8 Å². The molecule has 0 saturated carbocycles. The molecule has 2 aromatic rings. The van der Waals surface area contributed by atoms with Crippen LogP contribution in [-0.4, -0.2) is 4.98 Å². The van der Waals surface area contributed by atoms with Crippen molar-refractivity contribution < 1.29 is 24.5 Å². The van der Waals surface area contributed by atoms with Gasteiger partial charge in [0, 0.05) is 31.6 Å². The Labute approximate surface area is 148 Å². The summed E-state index contributed by atoms with van der Waals surface area (Å²) >= 11 is 0. The van der Waals surface area contributed by atoms with E-state index in [4.69, 9.17) is 0 Å². The van der Waals surface area contributed by atoms with Gasteiger partial charge < -0.3 is 12.4 Å². The maximum Gasteiger partial charge on any atom is 0.0411 e. The van der Waals surface area contributed by atoms with Crippen molar-refractivity contribution >= 4 is 0 Å². The molecular formula is C19H26FIrN-2. The molecule has 0 aliphatic rings. The van der Waals surface area contributed by atoms with Gasteiger partial charge in [0.25, 0.3) is 0 Å². The number of nitrogens with zero attached hydrogens (tertiary/aromatic N) is 1. The fourth-order valence-corrected chi connectivity index (χ4v) is 2.27. The first-order valence-electron chi connectivity index (χ1n) is 6.46. The summed E-state index contributed by atoms with van der Waals surface area (Å²) in [5, 5.41) is 0. The van der Waals surface area contributed by atoms with Gasteiger partial charge in [-0.2, -0.15) is 0 Å². The van der Waals surface area contributed by atoms with Gasteiger partial charge in [-0.05, 0) is 39.0 Å². The molecule has 0 spiro atoms. The molecule has 22 heavy (non-hydrogen) atoms. The predicted molar refractivity (Wildman–Crippen MR) is 90.0 cm³/mol. The van der Waals surface area contributed by atoms with Crippen LogP contribution in [0.3, 0.4) is 0 Å². The first kappa shape index (κ1) is 23.2. The van der Waals surface area contributed by atoms with Crippen LogP contribution < -0.4 is 0 Å². The zero-order valence-electron chi connectivity index (χ0n) is 13.7.